The lowest BCUT2D eigenvalue weighted by Gasteiger charge is -2.06. The van der Waals surface area contributed by atoms with Crippen molar-refractivity contribution in [3.05, 3.63) is 87.9 Å². The second kappa shape index (κ2) is 6.91. The van der Waals surface area contributed by atoms with Gasteiger partial charge in [-0.1, -0.05) is 30.3 Å². The molecule has 1 amide bonds. The van der Waals surface area contributed by atoms with Gasteiger partial charge in [-0.15, -0.1) is 0 Å². The van der Waals surface area contributed by atoms with Crippen LogP contribution in [0.25, 0.3) is 0 Å². The Labute approximate surface area is 141 Å². The van der Waals surface area contributed by atoms with Crippen LogP contribution in [0.3, 0.4) is 0 Å². The van der Waals surface area contributed by atoms with Crippen LogP contribution in [0.1, 0.15) is 16.1 Å². The van der Waals surface area contributed by atoms with Crippen molar-refractivity contribution in [3.8, 4) is 0 Å². The quantitative estimate of drug-likeness (QED) is 0.570. The van der Waals surface area contributed by atoms with Gasteiger partial charge in [-0.2, -0.15) is 4.68 Å². The highest BCUT2D eigenvalue weighted by Crippen LogP contribution is 2.16. The number of aromatic nitrogens is 2. The van der Waals surface area contributed by atoms with Crippen LogP contribution in [0.5, 0.6) is 0 Å². The second-order valence-corrected chi connectivity index (χ2v) is 5.25. The summed E-state index contributed by atoms with van der Waals surface area (Å²) in [6.07, 6.45) is 0. The summed E-state index contributed by atoms with van der Waals surface area (Å²) in [5.74, 6) is -1.41. The molecule has 25 heavy (non-hydrogen) atoms. The molecule has 7 nitrogen and oxygen atoms in total. The molecular weight excluding hydrogens is 327 g/mol. The van der Waals surface area contributed by atoms with Crippen LogP contribution in [-0.2, 0) is 6.54 Å². The minimum absolute atomic E-state index is 0.0416. The first-order chi connectivity index (χ1) is 12.0. The molecule has 0 fully saturated rings. The zero-order valence-electron chi connectivity index (χ0n) is 12.9. The third-order valence-corrected chi connectivity index (χ3v) is 3.46. The van der Waals surface area contributed by atoms with Crippen molar-refractivity contribution in [1.29, 1.82) is 0 Å². The molecule has 1 aromatic heterocycles. The monoisotopic (exact) mass is 340 g/mol. The number of rotatable bonds is 5. The number of halogens is 1. The van der Waals surface area contributed by atoms with Crippen LogP contribution >= 0.6 is 0 Å². The molecular formula is C17H13FN4O3. The number of benzene rings is 2. The van der Waals surface area contributed by atoms with E-state index in [-0.39, 0.29) is 12.2 Å². The van der Waals surface area contributed by atoms with Crippen molar-refractivity contribution < 1.29 is 14.1 Å². The van der Waals surface area contributed by atoms with Crippen LogP contribution < -0.4 is 5.32 Å². The van der Waals surface area contributed by atoms with E-state index in [0.29, 0.717) is 5.69 Å². The molecule has 126 valence electrons. The van der Waals surface area contributed by atoms with Crippen LogP contribution in [0.2, 0.25) is 0 Å². The van der Waals surface area contributed by atoms with Crippen molar-refractivity contribution in [3.63, 3.8) is 0 Å². The normalized spacial score (nSPS) is 10.4. The lowest BCUT2D eigenvalue weighted by atomic mass is 10.2. The predicted octanol–water partition coefficient (Wildman–Crippen LogP) is 3.23. The maximum Gasteiger partial charge on any atom is 0.390 e. The van der Waals surface area contributed by atoms with Crippen molar-refractivity contribution in [2.75, 3.05) is 5.32 Å². The molecule has 0 spiro atoms. The zero-order chi connectivity index (χ0) is 17.8. The molecule has 8 heteroatoms. The number of anilines is 1. The van der Waals surface area contributed by atoms with Gasteiger partial charge in [0.05, 0.1) is 17.7 Å². The fraction of sp³-hybridized carbons (Fsp3) is 0.0588. The summed E-state index contributed by atoms with van der Waals surface area (Å²) in [5.41, 5.74) is 1.26. The molecule has 0 saturated carbocycles. The summed E-state index contributed by atoms with van der Waals surface area (Å²) < 4.78 is 14.2. The fourth-order valence-corrected chi connectivity index (χ4v) is 2.28. The van der Waals surface area contributed by atoms with Gasteiger partial charge in [0.25, 0.3) is 5.91 Å². The van der Waals surface area contributed by atoms with Crippen LogP contribution in [-0.4, -0.2) is 20.6 Å². The lowest BCUT2D eigenvalue weighted by molar-refractivity contribution is -0.389. The number of carbonyl (C=O) groups excluding carboxylic acids is 1. The first-order valence-electron chi connectivity index (χ1n) is 7.36. The zero-order valence-corrected chi connectivity index (χ0v) is 12.9. The van der Waals surface area contributed by atoms with E-state index < -0.39 is 22.5 Å². The molecule has 0 unspecified atom stereocenters. The molecule has 0 bridgehead atoms. The Morgan fingerprint density at radius 1 is 1.16 bits per heavy atom. The second-order valence-electron chi connectivity index (χ2n) is 5.25. The third-order valence-electron chi connectivity index (χ3n) is 3.46. The number of nitrogens with one attached hydrogen (secondary N) is 1. The van der Waals surface area contributed by atoms with Gasteiger partial charge in [-0.05, 0) is 34.8 Å². The van der Waals surface area contributed by atoms with Crippen LogP contribution in [0, 0.1) is 15.9 Å². The maximum absolute atomic E-state index is 12.9. The van der Waals surface area contributed by atoms with E-state index in [4.69, 9.17) is 0 Å². The van der Waals surface area contributed by atoms with Gasteiger partial charge >= 0.3 is 5.82 Å². The Morgan fingerprint density at radius 3 is 2.48 bits per heavy atom. The molecule has 0 aliphatic carbocycles. The minimum Gasteiger partial charge on any atom is -0.358 e. The minimum atomic E-state index is -0.657. The van der Waals surface area contributed by atoms with E-state index in [1.54, 1.807) is 0 Å². The molecule has 0 aliphatic heterocycles. The Balaban J connectivity index is 1.89. The van der Waals surface area contributed by atoms with E-state index in [2.05, 4.69) is 10.4 Å². The van der Waals surface area contributed by atoms with E-state index in [1.165, 1.54) is 28.9 Å². The standard InChI is InChI=1S/C17H13FN4O3/c18-13-6-8-14(9-7-13)19-17(23)15-10-16(22(24)25)20-21(15)11-12-4-2-1-3-5-12/h1-10H,11H2,(H,19,23). The van der Waals surface area contributed by atoms with Gasteiger partial charge in [0.15, 0.2) is 5.69 Å². The highest BCUT2D eigenvalue weighted by Gasteiger charge is 2.23. The van der Waals surface area contributed by atoms with E-state index in [1.807, 2.05) is 30.3 Å². The van der Waals surface area contributed by atoms with E-state index in [9.17, 15) is 19.3 Å². The number of nitrogens with zero attached hydrogens (tertiary/aromatic N) is 3. The summed E-state index contributed by atoms with van der Waals surface area (Å²) in [7, 11) is 0. The Kier molecular flexibility index (Phi) is 4.51. The smallest absolute Gasteiger partial charge is 0.358 e. The molecule has 0 atom stereocenters. The Morgan fingerprint density at radius 2 is 1.84 bits per heavy atom. The van der Waals surface area contributed by atoms with Gasteiger partial charge in [0.1, 0.15) is 5.82 Å². The van der Waals surface area contributed by atoms with Gasteiger partial charge < -0.3 is 15.4 Å². The predicted molar refractivity (Wildman–Crippen MR) is 88.8 cm³/mol. The SMILES string of the molecule is O=C(Nc1ccc(F)cc1)c1cc([N+](=O)[O-])nn1Cc1ccccc1. The van der Waals surface area contributed by atoms with Crippen LogP contribution in [0.4, 0.5) is 15.9 Å². The average Bonchev–Trinajstić information content (AvgIpc) is 3.02. The Bertz CT molecular complexity index is 907. The largest absolute Gasteiger partial charge is 0.390 e. The van der Waals surface area contributed by atoms with E-state index >= 15 is 0 Å². The first-order valence-corrected chi connectivity index (χ1v) is 7.36. The van der Waals surface area contributed by atoms with Crippen molar-refractivity contribution >= 4 is 17.4 Å². The maximum atomic E-state index is 12.9. The topological polar surface area (TPSA) is 90.1 Å². The fourth-order valence-electron chi connectivity index (χ4n) is 2.28. The number of hydrogen-bond donors (Lipinski definition) is 1. The van der Waals surface area contributed by atoms with Gasteiger partial charge in [-0.25, -0.2) is 4.39 Å². The van der Waals surface area contributed by atoms with Gasteiger partial charge in [0, 0.05) is 5.69 Å². The van der Waals surface area contributed by atoms with Crippen LogP contribution in [0.15, 0.2) is 60.7 Å². The summed E-state index contributed by atoms with van der Waals surface area (Å²) in [6, 6.07) is 15.5. The highest BCUT2D eigenvalue weighted by molar-refractivity contribution is 6.03. The summed E-state index contributed by atoms with van der Waals surface area (Å²) in [6.45, 7) is 0.209. The molecule has 3 aromatic rings. The average molecular weight is 340 g/mol. The molecule has 0 aliphatic rings. The number of nitro groups is 1. The molecule has 2 aromatic carbocycles. The van der Waals surface area contributed by atoms with Crippen molar-refractivity contribution in [2.45, 2.75) is 6.54 Å². The van der Waals surface area contributed by atoms with E-state index in [0.717, 1.165) is 11.6 Å². The van der Waals surface area contributed by atoms with Gasteiger partial charge in [-0.3, -0.25) is 4.79 Å². The highest BCUT2D eigenvalue weighted by atomic mass is 19.1. The molecule has 1 N–H and O–H groups in total. The first kappa shape index (κ1) is 16.3. The molecule has 0 saturated heterocycles. The van der Waals surface area contributed by atoms with Gasteiger partial charge in [0.2, 0.25) is 0 Å². The molecule has 0 radical (unpaired) electrons. The summed E-state index contributed by atoms with van der Waals surface area (Å²) >= 11 is 0. The number of amides is 1. The Hall–Kier alpha value is -3.55. The number of hydrogen-bond acceptors (Lipinski definition) is 4. The summed E-state index contributed by atoms with van der Waals surface area (Å²) in [5, 5.41) is 17.4. The molecule has 3 rings (SSSR count). The van der Waals surface area contributed by atoms with Crippen molar-refractivity contribution in [1.82, 2.24) is 9.78 Å². The summed E-state index contributed by atoms with van der Waals surface area (Å²) in [4.78, 5) is 22.8. The molecule has 1 heterocycles. The van der Waals surface area contributed by atoms with Crippen molar-refractivity contribution in [2.24, 2.45) is 0 Å². The third kappa shape index (κ3) is 3.86. The number of carbonyl (C=O) groups is 1. The lowest BCUT2D eigenvalue weighted by Crippen LogP contribution is -2.18.